The maximum Gasteiger partial charge on any atom is 0.338 e. The number of carbonyl (C=O) groups is 3. The van der Waals surface area contributed by atoms with Crippen molar-refractivity contribution in [2.24, 2.45) is 0 Å². The number of carbonyl (C=O) groups excluding carboxylic acids is 3. The van der Waals surface area contributed by atoms with Gasteiger partial charge in [-0.3, -0.25) is 9.59 Å². The second-order valence-corrected chi connectivity index (χ2v) is 7.47. The smallest absolute Gasteiger partial charge is 0.338 e. The van der Waals surface area contributed by atoms with Crippen LogP contribution in [0.3, 0.4) is 0 Å². The number of likely N-dealkylation sites (tertiary alicyclic amines) is 1. The van der Waals surface area contributed by atoms with Gasteiger partial charge in [-0.25, -0.2) is 4.79 Å². The first-order chi connectivity index (χ1) is 14.1. The molecule has 0 aromatic heterocycles. The van der Waals surface area contributed by atoms with Crippen LogP contribution >= 0.6 is 0 Å². The summed E-state index contributed by atoms with van der Waals surface area (Å²) in [5.74, 6) is -0.604. The molecule has 0 atom stereocenters. The fourth-order valence-electron chi connectivity index (χ4n) is 3.97. The normalized spacial score (nSPS) is 15.9. The molecule has 0 saturated carbocycles. The molecule has 0 radical (unpaired) electrons. The molecule has 0 aliphatic carbocycles. The van der Waals surface area contributed by atoms with Crippen molar-refractivity contribution in [2.45, 2.75) is 32.2 Å². The van der Waals surface area contributed by atoms with E-state index in [4.69, 9.17) is 4.74 Å². The highest BCUT2D eigenvalue weighted by molar-refractivity contribution is 5.98. The lowest BCUT2D eigenvalue weighted by atomic mass is 10.0. The van der Waals surface area contributed by atoms with Gasteiger partial charge in [0, 0.05) is 31.7 Å². The molecule has 2 heterocycles. The Labute approximate surface area is 170 Å². The highest BCUT2D eigenvalue weighted by Crippen LogP contribution is 2.26. The Balaban J connectivity index is 1.37. The van der Waals surface area contributed by atoms with Gasteiger partial charge in [-0.2, -0.15) is 0 Å². The van der Waals surface area contributed by atoms with Gasteiger partial charge >= 0.3 is 5.97 Å². The number of para-hydroxylation sites is 1. The molecule has 1 saturated heterocycles. The molecule has 0 unspecified atom stereocenters. The largest absolute Gasteiger partial charge is 0.452 e. The van der Waals surface area contributed by atoms with E-state index >= 15 is 0 Å². The molecule has 2 aromatic carbocycles. The monoisotopic (exact) mass is 392 g/mol. The van der Waals surface area contributed by atoms with Crippen LogP contribution in [-0.2, 0) is 27.3 Å². The zero-order chi connectivity index (χ0) is 20.2. The van der Waals surface area contributed by atoms with E-state index in [-0.39, 0.29) is 18.4 Å². The molecule has 6 heteroatoms. The van der Waals surface area contributed by atoms with Crippen LogP contribution in [0.25, 0.3) is 0 Å². The molecule has 2 amide bonds. The van der Waals surface area contributed by atoms with Crippen molar-refractivity contribution in [3.63, 3.8) is 0 Å². The van der Waals surface area contributed by atoms with Crippen molar-refractivity contribution < 1.29 is 19.1 Å². The highest BCUT2D eigenvalue weighted by Gasteiger charge is 2.24. The van der Waals surface area contributed by atoms with Crippen molar-refractivity contribution in [2.75, 3.05) is 24.6 Å². The van der Waals surface area contributed by atoms with Crippen LogP contribution in [0.1, 0.15) is 40.7 Å². The third-order valence-electron chi connectivity index (χ3n) is 5.45. The molecule has 150 valence electrons. The summed E-state index contributed by atoms with van der Waals surface area (Å²) in [6, 6.07) is 14.9. The fraction of sp³-hybridized carbons (Fsp3) is 0.348. The van der Waals surface area contributed by atoms with Crippen LogP contribution in [0.5, 0.6) is 0 Å². The van der Waals surface area contributed by atoms with Crippen LogP contribution in [0.2, 0.25) is 0 Å². The molecule has 4 rings (SSSR count). The minimum Gasteiger partial charge on any atom is -0.452 e. The summed E-state index contributed by atoms with van der Waals surface area (Å²) in [7, 11) is 0. The highest BCUT2D eigenvalue weighted by atomic mass is 16.5. The van der Waals surface area contributed by atoms with Gasteiger partial charge in [0.25, 0.3) is 5.91 Å². The van der Waals surface area contributed by atoms with Gasteiger partial charge in [-0.05, 0) is 48.6 Å². The third-order valence-corrected chi connectivity index (χ3v) is 5.45. The summed E-state index contributed by atoms with van der Waals surface area (Å²) in [6.07, 6.45) is 3.31. The van der Waals surface area contributed by atoms with Crippen LogP contribution in [-0.4, -0.2) is 42.4 Å². The molecule has 1 fully saturated rings. The average Bonchev–Trinajstić information content (AvgIpc) is 3.16. The van der Waals surface area contributed by atoms with Gasteiger partial charge in [-0.15, -0.1) is 0 Å². The van der Waals surface area contributed by atoms with Crippen LogP contribution < -0.4 is 4.90 Å². The number of nitrogens with zero attached hydrogens (tertiary/aromatic N) is 2. The number of ether oxygens (including phenoxy) is 1. The van der Waals surface area contributed by atoms with E-state index in [1.807, 2.05) is 30.3 Å². The lowest BCUT2D eigenvalue weighted by molar-refractivity contribution is -0.128. The lowest BCUT2D eigenvalue weighted by Gasteiger charge is -2.29. The standard InChI is InChI=1S/C23H24N2O4/c26-21-11-5-12-24(21)15-17-6-3-8-19(14-17)23(28)29-16-22(27)25-13-4-9-18-7-1-2-10-20(18)25/h1-3,6-8,10,14H,4-5,9,11-13,15-16H2. The van der Waals surface area contributed by atoms with Gasteiger partial charge in [-0.1, -0.05) is 30.3 Å². The van der Waals surface area contributed by atoms with Gasteiger partial charge in [0.15, 0.2) is 6.61 Å². The molecule has 29 heavy (non-hydrogen) atoms. The number of anilines is 1. The van der Waals surface area contributed by atoms with E-state index in [2.05, 4.69) is 0 Å². The van der Waals surface area contributed by atoms with Crippen molar-refractivity contribution in [3.8, 4) is 0 Å². The summed E-state index contributed by atoms with van der Waals surface area (Å²) in [4.78, 5) is 40.4. The Morgan fingerprint density at radius 1 is 0.966 bits per heavy atom. The minimum absolute atomic E-state index is 0.144. The van der Waals surface area contributed by atoms with E-state index in [0.717, 1.165) is 42.6 Å². The number of esters is 1. The first kappa shape index (κ1) is 19.2. The van der Waals surface area contributed by atoms with Crippen molar-refractivity contribution >= 4 is 23.5 Å². The first-order valence-corrected chi connectivity index (χ1v) is 10.0. The van der Waals surface area contributed by atoms with Gasteiger partial charge in [0.05, 0.1) is 5.56 Å². The zero-order valence-corrected chi connectivity index (χ0v) is 16.3. The van der Waals surface area contributed by atoms with Crippen molar-refractivity contribution in [3.05, 3.63) is 65.2 Å². The lowest BCUT2D eigenvalue weighted by Crippen LogP contribution is -2.38. The number of rotatable bonds is 5. The summed E-state index contributed by atoms with van der Waals surface area (Å²) < 4.78 is 5.29. The van der Waals surface area contributed by atoms with Crippen LogP contribution in [0.4, 0.5) is 5.69 Å². The SMILES string of the molecule is O=C(OCC(=O)N1CCCc2ccccc21)c1cccc(CN2CCCC2=O)c1. The minimum atomic E-state index is -0.529. The topological polar surface area (TPSA) is 66.9 Å². The summed E-state index contributed by atoms with van der Waals surface area (Å²) in [5.41, 5.74) is 3.31. The van der Waals surface area contributed by atoms with Crippen molar-refractivity contribution in [1.29, 1.82) is 0 Å². The molecular formula is C23H24N2O4. The van der Waals surface area contributed by atoms with Gasteiger partial charge in [0.2, 0.25) is 5.91 Å². The number of amides is 2. The van der Waals surface area contributed by atoms with E-state index < -0.39 is 5.97 Å². The molecular weight excluding hydrogens is 368 g/mol. The Bertz CT molecular complexity index is 940. The van der Waals surface area contributed by atoms with Crippen LogP contribution in [0.15, 0.2) is 48.5 Å². The molecule has 0 bridgehead atoms. The predicted octanol–water partition coefficient (Wildman–Crippen LogP) is 2.95. The maximum absolute atomic E-state index is 12.6. The van der Waals surface area contributed by atoms with Gasteiger partial charge < -0.3 is 14.5 Å². The zero-order valence-electron chi connectivity index (χ0n) is 16.3. The summed E-state index contributed by atoms with van der Waals surface area (Å²) in [6.45, 7) is 1.58. The molecule has 2 aliphatic heterocycles. The number of fused-ring (bicyclic) bond motifs is 1. The van der Waals surface area contributed by atoms with Crippen LogP contribution in [0, 0.1) is 0 Å². The molecule has 2 aromatic rings. The Morgan fingerprint density at radius 2 is 1.79 bits per heavy atom. The third kappa shape index (κ3) is 4.31. The Hall–Kier alpha value is -3.15. The second-order valence-electron chi connectivity index (χ2n) is 7.47. The second kappa shape index (κ2) is 8.47. The van der Waals surface area contributed by atoms with Crippen molar-refractivity contribution in [1.82, 2.24) is 4.90 Å². The maximum atomic E-state index is 12.6. The quantitative estimate of drug-likeness (QED) is 0.734. The molecule has 2 aliphatic rings. The fourth-order valence-corrected chi connectivity index (χ4v) is 3.97. The molecule has 6 nitrogen and oxygen atoms in total. The number of hydrogen-bond donors (Lipinski definition) is 0. The summed E-state index contributed by atoms with van der Waals surface area (Å²) >= 11 is 0. The van der Waals surface area contributed by atoms with E-state index in [0.29, 0.717) is 25.1 Å². The number of aryl methyl sites for hydroxylation is 1. The Kier molecular flexibility index (Phi) is 5.60. The summed E-state index contributed by atoms with van der Waals surface area (Å²) in [5, 5.41) is 0. The van der Waals surface area contributed by atoms with E-state index in [1.165, 1.54) is 0 Å². The first-order valence-electron chi connectivity index (χ1n) is 10.0. The number of hydrogen-bond acceptors (Lipinski definition) is 4. The average molecular weight is 392 g/mol. The number of benzene rings is 2. The van der Waals surface area contributed by atoms with E-state index in [9.17, 15) is 14.4 Å². The molecule has 0 N–H and O–H groups in total. The van der Waals surface area contributed by atoms with E-state index in [1.54, 1.807) is 28.0 Å². The Morgan fingerprint density at radius 3 is 2.62 bits per heavy atom. The predicted molar refractivity (Wildman–Crippen MR) is 108 cm³/mol. The van der Waals surface area contributed by atoms with Gasteiger partial charge in [0.1, 0.15) is 0 Å². The molecule has 0 spiro atoms.